The van der Waals surface area contributed by atoms with E-state index in [1.54, 1.807) is 0 Å². The van der Waals surface area contributed by atoms with Gasteiger partial charge in [0.2, 0.25) is 0 Å². The van der Waals surface area contributed by atoms with Gasteiger partial charge in [0.25, 0.3) is 11.5 Å². The SMILES string of the molecule is O=C(Nc1cccc(C(F)(F)F)c1F)c1c[nH]c2cccc(=O)n12. The van der Waals surface area contributed by atoms with E-state index in [0.29, 0.717) is 11.7 Å². The Hall–Kier alpha value is -3.10. The highest BCUT2D eigenvalue weighted by Crippen LogP contribution is 2.33. The second-order valence-electron chi connectivity index (χ2n) is 4.88. The molecule has 0 fully saturated rings. The second kappa shape index (κ2) is 5.52. The van der Waals surface area contributed by atoms with Crippen LogP contribution in [0.5, 0.6) is 0 Å². The van der Waals surface area contributed by atoms with Crippen molar-refractivity contribution < 1.29 is 22.4 Å². The van der Waals surface area contributed by atoms with Gasteiger partial charge in [-0.05, 0) is 18.2 Å². The van der Waals surface area contributed by atoms with Crippen LogP contribution in [0.15, 0.2) is 47.4 Å². The monoisotopic (exact) mass is 339 g/mol. The number of amides is 1. The molecule has 3 rings (SSSR count). The molecule has 0 spiro atoms. The maximum absolute atomic E-state index is 14.0. The smallest absolute Gasteiger partial charge is 0.345 e. The normalized spacial score (nSPS) is 11.7. The van der Waals surface area contributed by atoms with Crippen molar-refractivity contribution >= 4 is 17.2 Å². The molecule has 5 nitrogen and oxygen atoms in total. The van der Waals surface area contributed by atoms with Crippen LogP contribution in [0.4, 0.5) is 23.2 Å². The van der Waals surface area contributed by atoms with Gasteiger partial charge in [0.1, 0.15) is 11.3 Å². The first kappa shape index (κ1) is 15.8. The summed E-state index contributed by atoms with van der Waals surface area (Å²) < 4.78 is 53.1. The number of rotatable bonds is 2. The molecule has 3 aromatic rings. The van der Waals surface area contributed by atoms with Crippen molar-refractivity contribution in [3.8, 4) is 0 Å². The molecule has 124 valence electrons. The van der Waals surface area contributed by atoms with Gasteiger partial charge in [-0.3, -0.25) is 14.0 Å². The highest BCUT2D eigenvalue weighted by molar-refractivity contribution is 6.03. The lowest BCUT2D eigenvalue weighted by Gasteiger charge is -2.11. The summed E-state index contributed by atoms with van der Waals surface area (Å²) in [4.78, 5) is 26.7. The van der Waals surface area contributed by atoms with Crippen molar-refractivity contribution in [3.05, 3.63) is 70.0 Å². The predicted octanol–water partition coefficient (Wildman–Crippen LogP) is 3.04. The minimum absolute atomic E-state index is 0.160. The van der Waals surface area contributed by atoms with E-state index in [1.165, 1.54) is 24.4 Å². The molecule has 0 unspecified atom stereocenters. The first-order chi connectivity index (χ1) is 11.3. The lowest BCUT2D eigenvalue weighted by atomic mass is 10.1. The van der Waals surface area contributed by atoms with Gasteiger partial charge >= 0.3 is 6.18 Å². The summed E-state index contributed by atoms with van der Waals surface area (Å²) in [5.41, 5.74) is -2.47. The highest BCUT2D eigenvalue weighted by atomic mass is 19.4. The number of hydrogen-bond donors (Lipinski definition) is 2. The summed E-state index contributed by atoms with van der Waals surface area (Å²) in [6.07, 6.45) is -3.68. The first-order valence-electron chi connectivity index (χ1n) is 6.65. The van der Waals surface area contributed by atoms with Crippen LogP contribution in [0.2, 0.25) is 0 Å². The number of H-pyrrole nitrogens is 1. The van der Waals surface area contributed by atoms with Crippen molar-refractivity contribution in [1.82, 2.24) is 9.38 Å². The van der Waals surface area contributed by atoms with Crippen LogP contribution in [-0.4, -0.2) is 15.3 Å². The highest BCUT2D eigenvalue weighted by Gasteiger charge is 2.35. The first-order valence-corrected chi connectivity index (χ1v) is 6.65. The number of halogens is 4. The van der Waals surface area contributed by atoms with Crippen LogP contribution in [0.1, 0.15) is 16.1 Å². The molecule has 1 amide bonds. The topological polar surface area (TPSA) is 66.4 Å². The fraction of sp³-hybridized carbons (Fsp3) is 0.0667. The quantitative estimate of drug-likeness (QED) is 0.705. The van der Waals surface area contributed by atoms with E-state index in [-0.39, 0.29) is 5.69 Å². The summed E-state index contributed by atoms with van der Waals surface area (Å²) >= 11 is 0. The Morgan fingerprint density at radius 3 is 2.54 bits per heavy atom. The van der Waals surface area contributed by atoms with Crippen LogP contribution < -0.4 is 10.9 Å². The number of fused-ring (bicyclic) bond motifs is 1. The second-order valence-corrected chi connectivity index (χ2v) is 4.88. The molecule has 2 aromatic heterocycles. The van der Waals surface area contributed by atoms with Crippen LogP contribution >= 0.6 is 0 Å². The standard InChI is InChI=1S/C15H9F4N3O2/c16-13-8(15(17,18)19)3-1-4-9(13)21-14(24)10-7-20-11-5-2-6-12(23)22(10)11/h1-7,20H,(H,21,24). The molecule has 0 radical (unpaired) electrons. The molecule has 0 aliphatic heterocycles. The number of carbonyl (C=O) groups excluding carboxylic acids is 1. The maximum Gasteiger partial charge on any atom is 0.419 e. The number of anilines is 1. The van der Waals surface area contributed by atoms with Gasteiger partial charge in [0, 0.05) is 12.3 Å². The molecule has 0 saturated carbocycles. The Labute approximate surface area is 131 Å². The Morgan fingerprint density at radius 1 is 1.12 bits per heavy atom. The molecule has 9 heteroatoms. The van der Waals surface area contributed by atoms with Crippen molar-refractivity contribution in [2.75, 3.05) is 5.32 Å². The lowest BCUT2D eigenvalue weighted by Crippen LogP contribution is -2.21. The minimum Gasteiger partial charge on any atom is -0.345 e. The number of alkyl halides is 3. The number of benzene rings is 1. The van der Waals surface area contributed by atoms with Crippen molar-refractivity contribution in [2.24, 2.45) is 0 Å². The third kappa shape index (κ3) is 2.64. The van der Waals surface area contributed by atoms with Crippen molar-refractivity contribution in [2.45, 2.75) is 6.18 Å². The Kier molecular flexibility index (Phi) is 3.63. The summed E-state index contributed by atoms with van der Waals surface area (Å²) in [6, 6.07) is 6.76. The molecular weight excluding hydrogens is 330 g/mol. The summed E-state index contributed by atoms with van der Waals surface area (Å²) in [7, 11) is 0. The molecule has 0 atom stereocenters. The van der Waals surface area contributed by atoms with E-state index >= 15 is 0 Å². The van der Waals surface area contributed by atoms with E-state index in [9.17, 15) is 27.2 Å². The average Bonchev–Trinajstić information content (AvgIpc) is 2.93. The van der Waals surface area contributed by atoms with Gasteiger partial charge in [-0.25, -0.2) is 4.39 Å². The Balaban J connectivity index is 2.00. The fourth-order valence-electron chi connectivity index (χ4n) is 2.26. The summed E-state index contributed by atoms with van der Waals surface area (Å²) in [5.74, 6) is -2.52. The van der Waals surface area contributed by atoms with E-state index < -0.39 is 34.7 Å². The zero-order valence-electron chi connectivity index (χ0n) is 11.8. The predicted molar refractivity (Wildman–Crippen MR) is 77.4 cm³/mol. The molecule has 2 heterocycles. The Morgan fingerprint density at radius 2 is 1.83 bits per heavy atom. The van der Waals surface area contributed by atoms with Crippen LogP contribution in [0, 0.1) is 5.82 Å². The van der Waals surface area contributed by atoms with Crippen LogP contribution in [0.3, 0.4) is 0 Å². The molecule has 2 N–H and O–H groups in total. The number of carbonyl (C=O) groups is 1. The molecule has 0 saturated heterocycles. The third-order valence-electron chi connectivity index (χ3n) is 3.34. The number of nitrogens with one attached hydrogen (secondary N) is 2. The number of nitrogens with zero attached hydrogens (tertiary/aromatic N) is 1. The van der Waals surface area contributed by atoms with Crippen LogP contribution in [0.25, 0.3) is 5.65 Å². The van der Waals surface area contributed by atoms with Crippen molar-refractivity contribution in [3.63, 3.8) is 0 Å². The maximum atomic E-state index is 14.0. The molecule has 0 bridgehead atoms. The van der Waals surface area contributed by atoms with Gasteiger partial charge in [0.15, 0.2) is 5.82 Å². The molecular formula is C15H9F4N3O2. The van der Waals surface area contributed by atoms with Gasteiger partial charge in [-0.1, -0.05) is 12.1 Å². The van der Waals surface area contributed by atoms with Crippen molar-refractivity contribution in [1.29, 1.82) is 0 Å². The summed E-state index contributed by atoms with van der Waals surface area (Å²) in [6.45, 7) is 0. The van der Waals surface area contributed by atoms with Gasteiger partial charge in [-0.15, -0.1) is 0 Å². The fourth-order valence-corrected chi connectivity index (χ4v) is 2.26. The Bertz CT molecular complexity index is 988. The largest absolute Gasteiger partial charge is 0.419 e. The third-order valence-corrected chi connectivity index (χ3v) is 3.34. The van der Waals surface area contributed by atoms with Gasteiger partial charge < -0.3 is 10.3 Å². The zero-order chi connectivity index (χ0) is 17.5. The van der Waals surface area contributed by atoms with Crippen LogP contribution in [-0.2, 0) is 6.18 Å². The van der Waals surface area contributed by atoms with Gasteiger partial charge in [-0.2, -0.15) is 13.2 Å². The molecule has 1 aromatic carbocycles. The number of aromatic amines is 1. The molecule has 0 aliphatic rings. The number of hydrogen-bond acceptors (Lipinski definition) is 2. The average molecular weight is 339 g/mol. The van der Waals surface area contributed by atoms with Gasteiger partial charge in [0.05, 0.1) is 11.3 Å². The van der Waals surface area contributed by atoms with E-state index in [2.05, 4.69) is 10.3 Å². The number of aromatic nitrogens is 2. The van der Waals surface area contributed by atoms with E-state index in [4.69, 9.17) is 0 Å². The summed E-state index contributed by atoms with van der Waals surface area (Å²) in [5, 5.41) is 2.05. The minimum atomic E-state index is -4.89. The number of imidazole rings is 1. The number of pyridine rings is 1. The zero-order valence-corrected chi connectivity index (χ0v) is 11.8. The van der Waals surface area contributed by atoms with E-state index in [0.717, 1.165) is 16.5 Å². The molecule has 24 heavy (non-hydrogen) atoms. The van der Waals surface area contributed by atoms with E-state index in [1.807, 2.05) is 0 Å². The lowest BCUT2D eigenvalue weighted by molar-refractivity contribution is -0.139. The molecule has 0 aliphatic carbocycles.